The second kappa shape index (κ2) is 8.88. The number of alkyl halides is 2. The van der Waals surface area contributed by atoms with E-state index in [2.05, 4.69) is 10.1 Å². The van der Waals surface area contributed by atoms with Gasteiger partial charge in [-0.1, -0.05) is 18.2 Å². The monoisotopic (exact) mass is 357 g/mol. The van der Waals surface area contributed by atoms with Crippen LogP contribution in [-0.2, 0) is 10.5 Å². The van der Waals surface area contributed by atoms with Gasteiger partial charge in [0, 0.05) is 10.6 Å². The average molecular weight is 357 g/mol. The molecule has 0 spiro atoms. The van der Waals surface area contributed by atoms with Crippen LogP contribution in [0.3, 0.4) is 0 Å². The minimum absolute atomic E-state index is 0.0840. The highest BCUT2D eigenvalue weighted by Gasteiger charge is 2.12. The maximum absolute atomic E-state index is 12.2. The van der Waals surface area contributed by atoms with Crippen molar-refractivity contribution in [2.24, 2.45) is 0 Å². The van der Waals surface area contributed by atoms with Crippen LogP contribution < -0.4 is 10.1 Å². The average Bonchev–Trinajstić information content (AvgIpc) is 3.00. The van der Waals surface area contributed by atoms with Crippen molar-refractivity contribution in [3.63, 3.8) is 0 Å². The van der Waals surface area contributed by atoms with E-state index >= 15 is 0 Å². The van der Waals surface area contributed by atoms with Gasteiger partial charge in [-0.3, -0.25) is 4.79 Å². The lowest BCUT2D eigenvalue weighted by Crippen LogP contribution is -2.28. The standard InChI is InChI=1S/C16H17F2NO2S2/c1-11(12-4-2-5-13(8-12)21-16(17)18)19-15(20)10-22-9-14-6-3-7-23-14/h2-8,11,16H,9-10H2,1H3,(H,19,20). The van der Waals surface area contributed by atoms with Crippen molar-refractivity contribution in [1.82, 2.24) is 5.32 Å². The number of carbonyl (C=O) groups is 1. The van der Waals surface area contributed by atoms with Crippen molar-refractivity contribution >= 4 is 29.0 Å². The number of hydrogen-bond donors (Lipinski definition) is 1. The number of carbonyl (C=O) groups excluding carboxylic acids is 1. The van der Waals surface area contributed by atoms with Crippen molar-refractivity contribution in [2.45, 2.75) is 25.3 Å². The number of benzene rings is 1. The van der Waals surface area contributed by atoms with Crippen LogP contribution in [0.25, 0.3) is 0 Å². The van der Waals surface area contributed by atoms with Crippen molar-refractivity contribution in [3.05, 3.63) is 52.2 Å². The quantitative estimate of drug-likeness (QED) is 0.758. The molecule has 1 heterocycles. The number of rotatable bonds is 8. The molecule has 0 aliphatic carbocycles. The smallest absolute Gasteiger partial charge is 0.387 e. The predicted molar refractivity (Wildman–Crippen MR) is 90.1 cm³/mol. The molecule has 1 unspecified atom stereocenters. The fraction of sp³-hybridized carbons (Fsp3) is 0.312. The van der Waals surface area contributed by atoms with Gasteiger partial charge in [0.25, 0.3) is 0 Å². The van der Waals surface area contributed by atoms with Crippen LogP contribution in [0.4, 0.5) is 8.78 Å². The Morgan fingerprint density at radius 2 is 2.17 bits per heavy atom. The lowest BCUT2D eigenvalue weighted by Gasteiger charge is -2.15. The molecular weight excluding hydrogens is 340 g/mol. The van der Waals surface area contributed by atoms with E-state index in [1.807, 2.05) is 24.4 Å². The first-order chi connectivity index (χ1) is 11.0. The van der Waals surface area contributed by atoms with Gasteiger partial charge < -0.3 is 10.1 Å². The van der Waals surface area contributed by atoms with E-state index in [9.17, 15) is 13.6 Å². The summed E-state index contributed by atoms with van der Waals surface area (Å²) in [4.78, 5) is 13.2. The first-order valence-electron chi connectivity index (χ1n) is 6.99. The normalized spacial score (nSPS) is 12.2. The van der Waals surface area contributed by atoms with Gasteiger partial charge in [-0.25, -0.2) is 0 Å². The van der Waals surface area contributed by atoms with E-state index in [4.69, 9.17) is 0 Å². The molecule has 124 valence electrons. The molecule has 2 rings (SSSR count). The highest BCUT2D eigenvalue weighted by molar-refractivity contribution is 7.99. The SMILES string of the molecule is CC(NC(=O)CSCc1cccs1)c1cccc(OC(F)F)c1. The van der Waals surface area contributed by atoms with Gasteiger partial charge in [0.15, 0.2) is 0 Å². The van der Waals surface area contributed by atoms with Crippen molar-refractivity contribution < 1.29 is 18.3 Å². The zero-order valence-corrected chi connectivity index (χ0v) is 14.1. The molecule has 0 aliphatic rings. The topological polar surface area (TPSA) is 38.3 Å². The Labute approximate surface area is 142 Å². The summed E-state index contributed by atoms with van der Waals surface area (Å²) < 4.78 is 28.8. The Morgan fingerprint density at radius 1 is 1.35 bits per heavy atom. The van der Waals surface area contributed by atoms with Gasteiger partial charge in [0.05, 0.1) is 11.8 Å². The third kappa shape index (κ3) is 6.19. The van der Waals surface area contributed by atoms with E-state index in [0.29, 0.717) is 5.75 Å². The summed E-state index contributed by atoms with van der Waals surface area (Å²) in [5, 5.41) is 4.86. The summed E-state index contributed by atoms with van der Waals surface area (Å²) in [5.74, 6) is 1.16. The zero-order valence-electron chi connectivity index (χ0n) is 12.5. The molecular formula is C16H17F2NO2S2. The lowest BCUT2D eigenvalue weighted by molar-refractivity contribution is -0.119. The molecule has 0 bridgehead atoms. The maximum atomic E-state index is 12.2. The predicted octanol–water partition coefficient (Wildman–Crippen LogP) is 4.46. The summed E-state index contributed by atoms with van der Waals surface area (Å²) in [7, 11) is 0. The first kappa shape index (κ1) is 17.7. The van der Waals surface area contributed by atoms with Gasteiger partial charge in [-0.2, -0.15) is 8.78 Å². The van der Waals surface area contributed by atoms with Crippen LogP contribution in [-0.4, -0.2) is 18.3 Å². The van der Waals surface area contributed by atoms with Crippen molar-refractivity contribution in [2.75, 3.05) is 5.75 Å². The Bertz CT molecular complexity index is 620. The fourth-order valence-corrected chi connectivity index (χ4v) is 3.65. The largest absolute Gasteiger partial charge is 0.435 e. The second-order valence-corrected chi connectivity index (χ2v) is 6.83. The Morgan fingerprint density at radius 3 is 2.87 bits per heavy atom. The van der Waals surface area contributed by atoms with Crippen molar-refractivity contribution in [3.8, 4) is 5.75 Å². The van der Waals surface area contributed by atoms with E-state index in [1.54, 1.807) is 35.2 Å². The summed E-state index contributed by atoms with van der Waals surface area (Å²) in [6, 6.07) is 10.1. The van der Waals surface area contributed by atoms with Crippen molar-refractivity contribution in [1.29, 1.82) is 0 Å². The van der Waals surface area contributed by atoms with E-state index in [1.165, 1.54) is 17.0 Å². The van der Waals surface area contributed by atoms with E-state index < -0.39 is 6.61 Å². The highest BCUT2D eigenvalue weighted by atomic mass is 32.2. The Balaban J connectivity index is 1.80. The molecule has 23 heavy (non-hydrogen) atoms. The van der Waals surface area contributed by atoms with Crippen LogP contribution >= 0.6 is 23.1 Å². The highest BCUT2D eigenvalue weighted by Crippen LogP contribution is 2.21. The van der Waals surface area contributed by atoms with Gasteiger partial charge in [-0.15, -0.1) is 23.1 Å². The molecule has 0 saturated carbocycles. The Kier molecular flexibility index (Phi) is 6.85. The molecule has 0 aliphatic heterocycles. The molecule has 0 fully saturated rings. The van der Waals surface area contributed by atoms with Crippen LogP contribution in [0.1, 0.15) is 23.4 Å². The zero-order chi connectivity index (χ0) is 16.7. The number of hydrogen-bond acceptors (Lipinski definition) is 4. The minimum Gasteiger partial charge on any atom is -0.435 e. The third-order valence-electron chi connectivity index (χ3n) is 3.02. The van der Waals surface area contributed by atoms with Gasteiger partial charge >= 0.3 is 6.61 Å². The lowest BCUT2D eigenvalue weighted by atomic mass is 10.1. The molecule has 1 aromatic carbocycles. The molecule has 0 radical (unpaired) electrons. The summed E-state index contributed by atoms with van der Waals surface area (Å²) in [6.45, 7) is -1.05. The third-order valence-corrected chi connectivity index (χ3v) is 5.06. The van der Waals surface area contributed by atoms with Crippen LogP contribution in [0.15, 0.2) is 41.8 Å². The van der Waals surface area contributed by atoms with E-state index in [0.717, 1.165) is 11.3 Å². The summed E-state index contributed by atoms with van der Waals surface area (Å²) >= 11 is 3.21. The number of nitrogens with one attached hydrogen (secondary N) is 1. The molecule has 1 amide bonds. The summed E-state index contributed by atoms with van der Waals surface area (Å²) in [5.41, 5.74) is 0.722. The molecule has 1 atom stereocenters. The number of amides is 1. The van der Waals surface area contributed by atoms with Gasteiger partial charge in [0.1, 0.15) is 5.75 Å². The number of ether oxygens (including phenoxy) is 1. The number of thioether (sulfide) groups is 1. The fourth-order valence-electron chi connectivity index (χ4n) is 1.97. The molecule has 1 N–H and O–H groups in total. The van der Waals surface area contributed by atoms with Gasteiger partial charge in [0.2, 0.25) is 5.91 Å². The van der Waals surface area contributed by atoms with E-state index in [-0.39, 0.29) is 17.7 Å². The second-order valence-electron chi connectivity index (χ2n) is 4.81. The summed E-state index contributed by atoms with van der Waals surface area (Å²) in [6.07, 6.45) is 0. The maximum Gasteiger partial charge on any atom is 0.387 e. The molecule has 7 heteroatoms. The van der Waals surface area contributed by atoms with Crippen LogP contribution in [0.5, 0.6) is 5.75 Å². The molecule has 1 aromatic heterocycles. The number of thiophene rings is 1. The minimum atomic E-state index is -2.86. The van der Waals surface area contributed by atoms with Crippen LogP contribution in [0, 0.1) is 0 Å². The van der Waals surface area contributed by atoms with Crippen LogP contribution in [0.2, 0.25) is 0 Å². The molecule has 0 saturated heterocycles. The Hall–Kier alpha value is -1.60. The molecule has 3 nitrogen and oxygen atoms in total. The van der Waals surface area contributed by atoms with Gasteiger partial charge in [-0.05, 0) is 36.1 Å². The first-order valence-corrected chi connectivity index (χ1v) is 9.02. The number of halogens is 2. The molecule has 2 aromatic rings.